The number of thiol groups is 1. The average molecular weight is 623 g/mol. The minimum absolute atomic E-state index is 0.482. The van der Waals surface area contributed by atoms with Crippen molar-refractivity contribution in [1.29, 1.82) is 0 Å². The van der Waals surface area contributed by atoms with Crippen LogP contribution >= 0.6 is 23.7 Å². The van der Waals surface area contributed by atoms with Crippen molar-refractivity contribution >= 4 is 31.3 Å². The Hall–Kier alpha value is -0.773. The van der Waals surface area contributed by atoms with Gasteiger partial charge in [-0.2, -0.15) is 74.6 Å². The Morgan fingerprint density at radius 2 is 0.914 bits per heavy atom. The molecular weight excluding hydrogens is 617 g/mol. The van der Waals surface area contributed by atoms with Gasteiger partial charge in [0.15, 0.2) is 5.45 Å². The first-order valence-electron chi connectivity index (χ1n) is 7.70. The molecule has 0 aliphatic rings. The molecule has 0 rings (SSSR count). The molecule has 0 bridgehead atoms. The van der Waals surface area contributed by atoms with Crippen molar-refractivity contribution in [2.24, 2.45) is 0 Å². The predicted octanol–water partition coefficient (Wildman–Crippen LogP) is 7.83. The second kappa shape index (κ2) is 9.21. The zero-order valence-corrected chi connectivity index (χ0v) is 18.3. The monoisotopic (exact) mass is 622 g/mol. The smallest absolute Gasteiger partial charge is 0.396 e. The van der Waals surface area contributed by atoms with Gasteiger partial charge in [0.1, 0.15) is 0 Å². The van der Waals surface area contributed by atoms with Crippen LogP contribution in [0.3, 0.4) is 0 Å². The van der Waals surface area contributed by atoms with Crippen molar-refractivity contribution in [2.45, 2.75) is 53.3 Å². The van der Waals surface area contributed by atoms with E-state index in [2.05, 4.69) is 4.43 Å². The Balaban J connectivity index is 7.22. The minimum atomic E-state index is -8.79. The minimum Gasteiger partial charge on any atom is -0.396 e. The molecule has 0 amide bonds. The number of alkyl halides is 16. The fourth-order valence-electron chi connectivity index (χ4n) is 2.00. The third kappa shape index (κ3) is 4.46. The van der Waals surface area contributed by atoms with Gasteiger partial charge in [0.25, 0.3) is 4.62 Å². The normalized spacial score (nSPS) is 18.7. The molecule has 35 heavy (non-hydrogen) atoms. The number of hydrogen-bond donors (Lipinski definition) is 1. The lowest BCUT2D eigenvalue weighted by molar-refractivity contribution is -0.454. The van der Waals surface area contributed by atoms with E-state index in [1.54, 1.807) is 0 Å². The first kappa shape index (κ1) is 34.2. The summed E-state index contributed by atoms with van der Waals surface area (Å²) in [6, 6.07) is 0. The van der Waals surface area contributed by atoms with Gasteiger partial charge in [-0.25, -0.2) is 8.78 Å². The van der Waals surface area contributed by atoms with Crippen LogP contribution in [0.2, 0.25) is 0 Å². The summed E-state index contributed by atoms with van der Waals surface area (Å²) in [7, 11) is -7.33. The Bertz CT molecular complexity index is 819. The molecule has 0 saturated carbocycles. The molecule has 0 aromatic rings. The SMILES string of the molecule is CCO[Si](Cl)(C(F)=C(F)F)C(F)(S)C(F)(F)C(F)(F)C(F)(F)C(F)(F)C(F)(F)C(F)(F)C(F)(F)F. The highest BCUT2D eigenvalue weighted by molar-refractivity contribution is 7.85. The van der Waals surface area contributed by atoms with E-state index in [1.165, 1.54) is 0 Å². The van der Waals surface area contributed by atoms with Crippen molar-refractivity contribution < 1.29 is 87.8 Å². The highest BCUT2D eigenvalue weighted by Gasteiger charge is 2.96. The first-order chi connectivity index (χ1) is 14.9. The van der Waals surface area contributed by atoms with E-state index < -0.39 is 72.1 Å². The lowest BCUT2D eigenvalue weighted by atomic mass is 9.91. The maximum Gasteiger partial charge on any atom is 0.460 e. The quantitative estimate of drug-likeness (QED) is 0.113. The molecule has 0 heterocycles. The number of hydrogen-bond acceptors (Lipinski definition) is 2. The van der Waals surface area contributed by atoms with E-state index >= 15 is 0 Å². The van der Waals surface area contributed by atoms with E-state index in [1.807, 2.05) is 12.6 Å². The summed E-state index contributed by atoms with van der Waals surface area (Å²) in [5, 5.41) is 0. The Kier molecular flexibility index (Phi) is 9.00. The predicted molar refractivity (Wildman–Crippen MR) is 82.1 cm³/mol. The summed E-state index contributed by atoms with van der Waals surface area (Å²) in [6.07, 6.45) is -11.8. The second-order valence-electron chi connectivity index (χ2n) is 6.17. The Morgan fingerprint density at radius 1 is 0.629 bits per heavy atom. The molecule has 23 heteroatoms. The molecule has 0 aliphatic carbocycles. The zero-order chi connectivity index (χ0) is 29.1. The maximum absolute atomic E-state index is 14.6. The molecule has 2 unspecified atom stereocenters. The van der Waals surface area contributed by atoms with Crippen LogP contribution in [0.5, 0.6) is 0 Å². The molecule has 0 spiro atoms. The van der Waals surface area contributed by atoms with Gasteiger partial charge in [0, 0.05) is 6.61 Å². The lowest BCUT2D eigenvalue weighted by Crippen LogP contribution is -2.76. The molecule has 0 radical (unpaired) electrons. The van der Waals surface area contributed by atoms with Crippen LogP contribution in [-0.2, 0) is 4.43 Å². The molecule has 1 nitrogen and oxygen atoms in total. The summed E-state index contributed by atoms with van der Waals surface area (Å²) >= 11 is 6.66. The van der Waals surface area contributed by atoms with Crippen LogP contribution in [0.15, 0.2) is 11.5 Å². The van der Waals surface area contributed by atoms with Gasteiger partial charge in [-0.15, -0.1) is 23.7 Å². The highest BCUT2D eigenvalue weighted by atomic mass is 35.6. The van der Waals surface area contributed by atoms with Crippen molar-refractivity contribution in [3.05, 3.63) is 11.5 Å². The maximum atomic E-state index is 14.6. The van der Waals surface area contributed by atoms with E-state index in [4.69, 9.17) is 11.1 Å². The van der Waals surface area contributed by atoms with Gasteiger partial charge in [-0.05, 0) is 6.92 Å². The van der Waals surface area contributed by atoms with Crippen LogP contribution in [0.25, 0.3) is 0 Å². The summed E-state index contributed by atoms with van der Waals surface area (Å²) < 4.78 is 248. The standard InChI is InChI=1S/C12H6ClF19OSSi/c1-2-33-35(13,4(16)3(14)15)12(32,34)10(27,28)8(23,24)6(19,20)5(17,18)7(21,22)9(25,26)11(29,30)31/h34H,2H2,1H3. The third-order valence-electron chi connectivity index (χ3n) is 3.96. The molecule has 0 aromatic heterocycles. The van der Waals surface area contributed by atoms with Gasteiger partial charge >= 0.3 is 55.4 Å². The fraction of sp³-hybridized carbons (Fsp3) is 0.833. The summed E-state index contributed by atoms with van der Waals surface area (Å²) in [5.74, 6) is -50.9. The van der Waals surface area contributed by atoms with Crippen LogP contribution in [0.4, 0.5) is 83.4 Å². The Labute approximate surface area is 191 Å². The van der Waals surface area contributed by atoms with Crippen molar-refractivity contribution in [3.63, 3.8) is 0 Å². The molecule has 2 atom stereocenters. The molecule has 0 N–H and O–H groups in total. The van der Waals surface area contributed by atoms with Crippen LogP contribution < -0.4 is 0 Å². The van der Waals surface area contributed by atoms with E-state index in [-0.39, 0.29) is 0 Å². The molecule has 0 fully saturated rings. The second-order valence-corrected chi connectivity index (χ2v) is 11.4. The van der Waals surface area contributed by atoms with Crippen LogP contribution in [0.1, 0.15) is 6.92 Å². The highest BCUT2D eigenvalue weighted by Crippen LogP contribution is 2.65. The largest absolute Gasteiger partial charge is 0.460 e. The summed E-state index contributed by atoms with van der Waals surface area (Å²) in [6.45, 7) is -0.997. The van der Waals surface area contributed by atoms with Gasteiger partial charge < -0.3 is 4.43 Å². The van der Waals surface area contributed by atoms with E-state index in [0.717, 1.165) is 0 Å². The summed E-state index contributed by atoms with van der Waals surface area (Å²) in [4.78, 5) is 0. The number of halogens is 20. The van der Waals surface area contributed by atoms with Crippen molar-refractivity contribution in [3.8, 4) is 0 Å². The molecule has 0 saturated heterocycles. The topological polar surface area (TPSA) is 9.23 Å². The van der Waals surface area contributed by atoms with E-state index in [9.17, 15) is 83.4 Å². The molecule has 210 valence electrons. The molecular formula is C12H6ClF19OSSi. The first-order valence-corrected chi connectivity index (χ1v) is 11.1. The van der Waals surface area contributed by atoms with Crippen molar-refractivity contribution in [2.75, 3.05) is 6.61 Å². The average Bonchev–Trinajstić information content (AvgIpc) is 2.65. The Morgan fingerprint density at radius 3 is 1.17 bits per heavy atom. The zero-order valence-electron chi connectivity index (χ0n) is 15.6. The number of rotatable bonds is 10. The van der Waals surface area contributed by atoms with Gasteiger partial charge in [0.2, 0.25) is 0 Å². The lowest BCUT2D eigenvalue weighted by Gasteiger charge is -2.45. The van der Waals surface area contributed by atoms with Crippen molar-refractivity contribution in [1.82, 2.24) is 0 Å². The van der Waals surface area contributed by atoms with Gasteiger partial charge in [-0.1, -0.05) is 0 Å². The summed E-state index contributed by atoms with van der Waals surface area (Å²) in [5.41, 5.74) is -3.68. The van der Waals surface area contributed by atoms with Crippen LogP contribution in [-0.4, -0.2) is 60.6 Å². The van der Waals surface area contributed by atoms with Crippen LogP contribution in [0, 0.1) is 0 Å². The third-order valence-corrected chi connectivity index (χ3v) is 9.79. The fourth-order valence-corrected chi connectivity index (χ4v) is 5.34. The molecule has 0 aliphatic heterocycles. The van der Waals surface area contributed by atoms with Gasteiger partial charge in [0.05, 0.1) is 0 Å². The van der Waals surface area contributed by atoms with E-state index in [0.29, 0.717) is 6.92 Å². The van der Waals surface area contributed by atoms with Gasteiger partial charge in [-0.3, -0.25) is 0 Å². The molecule has 0 aromatic carbocycles.